The molecule has 3 heterocycles. The SMILES string of the molecule is COc1ccc(OC)c(C=NNc2nc(N3CCCCC3)nc(N3CCCCC3)n2)c1. The van der Waals surface area contributed by atoms with Crippen molar-refractivity contribution >= 4 is 24.1 Å². The van der Waals surface area contributed by atoms with Gasteiger partial charge in [0.1, 0.15) is 11.5 Å². The smallest absolute Gasteiger partial charge is 0.250 e. The summed E-state index contributed by atoms with van der Waals surface area (Å²) in [6.07, 6.45) is 8.88. The molecule has 1 aromatic heterocycles. The molecule has 2 aliphatic rings. The number of nitrogens with one attached hydrogen (secondary N) is 1. The lowest BCUT2D eigenvalue weighted by Gasteiger charge is -2.30. The van der Waals surface area contributed by atoms with Crippen LogP contribution >= 0.6 is 0 Å². The minimum Gasteiger partial charge on any atom is -0.497 e. The topological polar surface area (TPSA) is 88.0 Å². The van der Waals surface area contributed by atoms with Crippen LogP contribution in [0.1, 0.15) is 44.1 Å². The molecule has 9 nitrogen and oxygen atoms in total. The van der Waals surface area contributed by atoms with E-state index in [1.807, 2.05) is 18.2 Å². The van der Waals surface area contributed by atoms with Crippen molar-refractivity contribution in [2.75, 3.05) is 55.6 Å². The fraction of sp³-hybridized carbons (Fsp3) is 0.545. The zero-order valence-electron chi connectivity index (χ0n) is 18.4. The molecule has 0 spiro atoms. The van der Waals surface area contributed by atoms with Gasteiger partial charge in [-0.15, -0.1) is 0 Å². The van der Waals surface area contributed by atoms with Crippen LogP contribution in [0.5, 0.6) is 11.5 Å². The van der Waals surface area contributed by atoms with Gasteiger partial charge < -0.3 is 19.3 Å². The normalized spacial score (nSPS) is 17.1. The van der Waals surface area contributed by atoms with Gasteiger partial charge in [-0.2, -0.15) is 20.1 Å². The lowest BCUT2D eigenvalue weighted by Crippen LogP contribution is -2.34. The zero-order valence-corrected chi connectivity index (χ0v) is 18.4. The van der Waals surface area contributed by atoms with E-state index >= 15 is 0 Å². The van der Waals surface area contributed by atoms with Crippen molar-refractivity contribution in [3.05, 3.63) is 23.8 Å². The number of methoxy groups -OCH3 is 2. The third kappa shape index (κ3) is 5.34. The van der Waals surface area contributed by atoms with Crippen LogP contribution < -0.4 is 24.7 Å². The minimum absolute atomic E-state index is 0.453. The number of hydrogen-bond donors (Lipinski definition) is 1. The van der Waals surface area contributed by atoms with Crippen molar-refractivity contribution < 1.29 is 9.47 Å². The van der Waals surface area contributed by atoms with Crippen LogP contribution in [0.25, 0.3) is 0 Å². The van der Waals surface area contributed by atoms with E-state index in [0.29, 0.717) is 11.7 Å². The first kappa shape index (κ1) is 21.1. The summed E-state index contributed by atoms with van der Waals surface area (Å²) in [6, 6.07) is 5.58. The fourth-order valence-electron chi connectivity index (χ4n) is 3.97. The summed E-state index contributed by atoms with van der Waals surface area (Å²) in [7, 11) is 3.27. The quantitative estimate of drug-likeness (QED) is 0.534. The van der Waals surface area contributed by atoms with Gasteiger partial charge in [0, 0.05) is 31.7 Å². The van der Waals surface area contributed by atoms with Gasteiger partial charge in [-0.1, -0.05) is 0 Å². The van der Waals surface area contributed by atoms with E-state index in [-0.39, 0.29) is 0 Å². The Morgan fingerprint density at radius 3 is 2.00 bits per heavy atom. The molecule has 2 aromatic rings. The molecular formula is C22H31N7O2. The van der Waals surface area contributed by atoms with Gasteiger partial charge in [0.25, 0.3) is 0 Å². The molecule has 0 unspecified atom stereocenters. The third-order valence-corrected chi connectivity index (χ3v) is 5.69. The number of ether oxygens (including phenoxy) is 2. The van der Waals surface area contributed by atoms with E-state index in [0.717, 1.165) is 49.4 Å². The number of piperidine rings is 2. The van der Waals surface area contributed by atoms with Gasteiger partial charge in [-0.3, -0.25) is 0 Å². The van der Waals surface area contributed by atoms with Crippen LogP contribution in [-0.2, 0) is 0 Å². The first-order chi connectivity index (χ1) is 15.3. The third-order valence-electron chi connectivity index (χ3n) is 5.69. The van der Waals surface area contributed by atoms with Gasteiger partial charge in [0.15, 0.2) is 0 Å². The predicted octanol–water partition coefficient (Wildman–Crippen LogP) is 3.32. The number of aromatic nitrogens is 3. The van der Waals surface area contributed by atoms with Crippen molar-refractivity contribution in [1.29, 1.82) is 0 Å². The Labute approximate surface area is 183 Å². The van der Waals surface area contributed by atoms with Gasteiger partial charge in [-0.05, 0) is 56.7 Å². The average Bonchev–Trinajstić information content (AvgIpc) is 2.85. The summed E-state index contributed by atoms with van der Waals surface area (Å²) in [5.41, 5.74) is 3.80. The molecule has 166 valence electrons. The fourth-order valence-corrected chi connectivity index (χ4v) is 3.97. The Kier molecular flexibility index (Phi) is 7.01. The van der Waals surface area contributed by atoms with E-state index in [2.05, 4.69) is 30.3 Å². The number of hydrogen-bond acceptors (Lipinski definition) is 9. The number of nitrogens with zero attached hydrogens (tertiary/aromatic N) is 6. The minimum atomic E-state index is 0.453. The molecule has 1 N–H and O–H groups in total. The molecule has 0 bridgehead atoms. The van der Waals surface area contributed by atoms with Gasteiger partial charge in [0.05, 0.1) is 20.4 Å². The highest BCUT2D eigenvalue weighted by Crippen LogP contribution is 2.24. The Bertz CT molecular complexity index is 857. The van der Waals surface area contributed by atoms with Gasteiger partial charge >= 0.3 is 0 Å². The Hall–Kier alpha value is -3.10. The molecule has 0 amide bonds. The second-order valence-electron chi connectivity index (χ2n) is 7.83. The number of benzene rings is 1. The van der Waals surface area contributed by atoms with Crippen molar-refractivity contribution in [3.63, 3.8) is 0 Å². The second-order valence-corrected chi connectivity index (χ2v) is 7.83. The summed E-state index contributed by atoms with van der Waals surface area (Å²) >= 11 is 0. The van der Waals surface area contributed by atoms with E-state index < -0.39 is 0 Å². The highest BCUT2D eigenvalue weighted by atomic mass is 16.5. The van der Waals surface area contributed by atoms with Crippen molar-refractivity contribution in [2.45, 2.75) is 38.5 Å². The van der Waals surface area contributed by atoms with E-state index in [1.54, 1.807) is 20.4 Å². The molecule has 0 atom stereocenters. The molecular weight excluding hydrogens is 394 g/mol. The second kappa shape index (κ2) is 10.3. The summed E-state index contributed by atoms with van der Waals surface area (Å²) < 4.78 is 10.7. The summed E-state index contributed by atoms with van der Waals surface area (Å²) in [6.45, 7) is 3.92. The van der Waals surface area contributed by atoms with Crippen molar-refractivity contribution in [1.82, 2.24) is 15.0 Å². The van der Waals surface area contributed by atoms with Crippen LogP contribution in [0.2, 0.25) is 0 Å². The Morgan fingerprint density at radius 1 is 0.839 bits per heavy atom. The van der Waals surface area contributed by atoms with Crippen LogP contribution in [0, 0.1) is 0 Å². The maximum absolute atomic E-state index is 5.42. The molecule has 0 radical (unpaired) electrons. The van der Waals surface area contributed by atoms with Crippen LogP contribution in [0.3, 0.4) is 0 Å². The lowest BCUT2D eigenvalue weighted by atomic mass is 10.1. The Morgan fingerprint density at radius 2 is 1.45 bits per heavy atom. The molecule has 2 aliphatic heterocycles. The molecule has 0 aliphatic carbocycles. The number of hydrazone groups is 1. The monoisotopic (exact) mass is 425 g/mol. The van der Waals surface area contributed by atoms with E-state index in [9.17, 15) is 0 Å². The number of anilines is 3. The number of rotatable bonds is 7. The predicted molar refractivity (Wildman–Crippen MR) is 123 cm³/mol. The molecule has 1 aromatic carbocycles. The highest BCUT2D eigenvalue weighted by molar-refractivity contribution is 5.84. The first-order valence-corrected chi connectivity index (χ1v) is 11.0. The van der Waals surface area contributed by atoms with E-state index in [1.165, 1.54) is 38.5 Å². The van der Waals surface area contributed by atoms with Crippen molar-refractivity contribution in [2.24, 2.45) is 5.10 Å². The first-order valence-electron chi connectivity index (χ1n) is 11.0. The van der Waals surface area contributed by atoms with E-state index in [4.69, 9.17) is 14.5 Å². The molecule has 2 fully saturated rings. The summed E-state index contributed by atoms with van der Waals surface area (Å²) in [4.78, 5) is 18.6. The van der Waals surface area contributed by atoms with Crippen molar-refractivity contribution in [3.8, 4) is 11.5 Å². The average molecular weight is 426 g/mol. The van der Waals surface area contributed by atoms with Crippen LogP contribution in [0.4, 0.5) is 17.8 Å². The summed E-state index contributed by atoms with van der Waals surface area (Å²) in [5.74, 6) is 3.36. The standard InChI is InChI=1S/C22H31N7O2/c1-30-18-9-10-19(31-2)17(15-18)16-23-27-20-24-21(28-11-5-3-6-12-28)26-22(25-20)29-13-7-4-8-14-29/h9-10,15-16H,3-8,11-14H2,1-2H3,(H,24,25,26,27). The maximum Gasteiger partial charge on any atom is 0.250 e. The molecule has 31 heavy (non-hydrogen) atoms. The maximum atomic E-state index is 5.42. The van der Waals surface area contributed by atoms with Crippen LogP contribution in [0.15, 0.2) is 23.3 Å². The zero-order chi connectivity index (χ0) is 21.5. The molecule has 2 saturated heterocycles. The Balaban J connectivity index is 1.57. The highest BCUT2D eigenvalue weighted by Gasteiger charge is 2.20. The van der Waals surface area contributed by atoms with Gasteiger partial charge in [0.2, 0.25) is 17.8 Å². The lowest BCUT2D eigenvalue weighted by molar-refractivity contribution is 0.402. The molecule has 9 heteroatoms. The molecule has 0 saturated carbocycles. The van der Waals surface area contributed by atoms with Gasteiger partial charge in [-0.25, -0.2) is 5.43 Å². The van der Waals surface area contributed by atoms with Crippen LogP contribution in [-0.4, -0.2) is 61.6 Å². The largest absolute Gasteiger partial charge is 0.497 e. The molecule has 4 rings (SSSR count). The summed E-state index contributed by atoms with van der Waals surface area (Å²) in [5, 5.41) is 4.37.